The molecule has 20 heavy (non-hydrogen) atoms. The van der Waals surface area contributed by atoms with Crippen LogP contribution in [0.2, 0.25) is 0 Å². The van der Waals surface area contributed by atoms with Gasteiger partial charge in [-0.1, -0.05) is 11.8 Å². The van der Waals surface area contributed by atoms with Gasteiger partial charge in [-0.05, 0) is 12.1 Å². The van der Waals surface area contributed by atoms with Crippen LogP contribution in [0.1, 0.15) is 21.0 Å². The van der Waals surface area contributed by atoms with E-state index in [1.807, 2.05) is 0 Å². The van der Waals surface area contributed by atoms with Crippen molar-refractivity contribution < 1.29 is 19.7 Å². The topological polar surface area (TPSA) is 70.0 Å². The molecule has 0 bridgehead atoms. The fourth-order valence-corrected chi connectivity index (χ4v) is 2.37. The molecule has 0 saturated heterocycles. The van der Waals surface area contributed by atoms with E-state index < -0.39 is 0 Å². The zero-order chi connectivity index (χ0) is 14.8. The van der Waals surface area contributed by atoms with Crippen LogP contribution in [-0.4, -0.2) is 61.0 Å². The van der Waals surface area contributed by atoms with Crippen LogP contribution < -0.4 is 0 Å². The van der Waals surface area contributed by atoms with Gasteiger partial charge in [-0.2, -0.15) is 0 Å². The van der Waals surface area contributed by atoms with Gasteiger partial charge in [0.25, 0.3) is 5.91 Å². The smallest absolute Gasteiger partial charge is 0.264 e. The first-order chi connectivity index (χ1) is 9.72. The summed E-state index contributed by atoms with van der Waals surface area (Å²) in [5.74, 6) is 5.59. The Labute approximate surface area is 122 Å². The van der Waals surface area contributed by atoms with Crippen LogP contribution in [0.4, 0.5) is 0 Å². The quantitative estimate of drug-likeness (QED) is 0.722. The van der Waals surface area contributed by atoms with Gasteiger partial charge in [0.15, 0.2) is 0 Å². The monoisotopic (exact) mass is 297 g/mol. The first-order valence-corrected chi connectivity index (χ1v) is 7.13. The molecule has 0 radical (unpaired) electrons. The van der Waals surface area contributed by atoms with E-state index in [0.717, 1.165) is 4.88 Å². The van der Waals surface area contributed by atoms with Crippen molar-refractivity contribution in [2.24, 2.45) is 0 Å². The average molecular weight is 297 g/mol. The van der Waals surface area contributed by atoms with Crippen LogP contribution >= 0.6 is 11.3 Å². The number of hydrogen-bond acceptors (Lipinski definition) is 5. The van der Waals surface area contributed by atoms with Gasteiger partial charge in [-0.3, -0.25) is 4.79 Å². The van der Waals surface area contributed by atoms with Gasteiger partial charge in [-0.15, -0.1) is 11.3 Å². The van der Waals surface area contributed by atoms with Crippen LogP contribution in [0.3, 0.4) is 0 Å². The van der Waals surface area contributed by atoms with E-state index in [9.17, 15) is 4.79 Å². The van der Waals surface area contributed by atoms with E-state index in [0.29, 0.717) is 24.4 Å². The van der Waals surface area contributed by atoms with Crippen molar-refractivity contribution in [2.45, 2.75) is 6.42 Å². The summed E-state index contributed by atoms with van der Waals surface area (Å²) in [7, 11) is 1.57. The maximum atomic E-state index is 12.3. The minimum atomic E-state index is -0.128. The molecular formula is C14H19NO4S. The fraction of sp³-hybridized carbons (Fsp3) is 0.500. The fourth-order valence-electron chi connectivity index (χ4n) is 1.52. The SMILES string of the molecule is COCCN(CCO)C(=O)c1ccc(C#CCCO)s1. The molecule has 5 nitrogen and oxygen atoms in total. The molecule has 0 atom stereocenters. The van der Waals surface area contributed by atoms with Crippen LogP contribution in [0.25, 0.3) is 0 Å². The highest BCUT2D eigenvalue weighted by Crippen LogP contribution is 2.17. The number of rotatable bonds is 7. The van der Waals surface area contributed by atoms with Crippen molar-refractivity contribution in [2.75, 3.05) is 40.0 Å². The van der Waals surface area contributed by atoms with E-state index in [1.54, 1.807) is 24.1 Å². The van der Waals surface area contributed by atoms with Crippen molar-refractivity contribution in [1.29, 1.82) is 0 Å². The number of thiophene rings is 1. The van der Waals surface area contributed by atoms with Gasteiger partial charge >= 0.3 is 0 Å². The molecule has 1 heterocycles. The summed E-state index contributed by atoms with van der Waals surface area (Å²) < 4.78 is 4.96. The maximum absolute atomic E-state index is 12.3. The third-order valence-corrected chi connectivity index (χ3v) is 3.48. The normalized spacial score (nSPS) is 9.95. The molecule has 0 aliphatic carbocycles. The highest BCUT2D eigenvalue weighted by atomic mass is 32.1. The molecule has 1 aromatic heterocycles. The number of ether oxygens (including phenoxy) is 1. The lowest BCUT2D eigenvalue weighted by atomic mass is 10.3. The number of carbonyl (C=O) groups excluding carboxylic acids is 1. The standard InChI is InChI=1S/C14H19NO4S/c1-19-11-8-15(7-10-17)14(18)13-6-5-12(20-13)4-2-3-9-16/h5-6,16-17H,3,7-11H2,1H3. The van der Waals surface area contributed by atoms with E-state index in [-0.39, 0.29) is 25.7 Å². The Morgan fingerprint density at radius 1 is 1.35 bits per heavy atom. The Bertz CT molecular complexity index is 475. The summed E-state index contributed by atoms with van der Waals surface area (Å²) in [5.41, 5.74) is 0. The molecule has 1 rings (SSSR count). The van der Waals surface area contributed by atoms with E-state index in [2.05, 4.69) is 11.8 Å². The second-order valence-electron chi connectivity index (χ2n) is 3.95. The molecule has 1 amide bonds. The molecule has 0 spiro atoms. The van der Waals surface area contributed by atoms with Crippen LogP contribution in [0.15, 0.2) is 12.1 Å². The number of hydrogen-bond donors (Lipinski definition) is 2. The Kier molecular flexibility index (Phi) is 7.92. The molecule has 0 aromatic carbocycles. The number of methoxy groups -OCH3 is 1. The molecule has 0 saturated carbocycles. The Balaban J connectivity index is 2.72. The minimum Gasteiger partial charge on any atom is -0.395 e. The number of nitrogens with zero attached hydrogens (tertiary/aromatic N) is 1. The van der Waals surface area contributed by atoms with E-state index in [4.69, 9.17) is 14.9 Å². The summed E-state index contributed by atoms with van der Waals surface area (Å²) in [6.07, 6.45) is 0.422. The van der Waals surface area contributed by atoms with Gasteiger partial charge in [-0.25, -0.2) is 0 Å². The highest BCUT2D eigenvalue weighted by molar-refractivity contribution is 7.14. The minimum absolute atomic E-state index is 0.0332. The maximum Gasteiger partial charge on any atom is 0.264 e. The predicted octanol–water partition coefficient (Wildman–Crippen LogP) is 0.563. The van der Waals surface area contributed by atoms with Crippen molar-refractivity contribution in [1.82, 2.24) is 4.90 Å². The van der Waals surface area contributed by atoms with Crippen LogP contribution in [0.5, 0.6) is 0 Å². The van der Waals surface area contributed by atoms with E-state index in [1.165, 1.54) is 11.3 Å². The lowest BCUT2D eigenvalue weighted by Crippen LogP contribution is -2.35. The number of amides is 1. The Morgan fingerprint density at radius 3 is 2.80 bits per heavy atom. The highest BCUT2D eigenvalue weighted by Gasteiger charge is 2.16. The molecule has 110 valence electrons. The summed E-state index contributed by atoms with van der Waals surface area (Å²) >= 11 is 1.31. The van der Waals surface area contributed by atoms with Gasteiger partial charge < -0.3 is 19.8 Å². The van der Waals surface area contributed by atoms with E-state index >= 15 is 0 Å². The zero-order valence-electron chi connectivity index (χ0n) is 11.5. The van der Waals surface area contributed by atoms with Gasteiger partial charge in [0.2, 0.25) is 0 Å². The van der Waals surface area contributed by atoms with Crippen LogP contribution in [0, 0.1) is 11.8 Å². The van der Waals surface area contributed by atoms with Gasteiger partial charge in [0.1, 0.15) is 0 Å². The van der Waals surface area contributed by atoms with Gasteiger partial charge in [0.05, 0.1) is 29.6 Å². The molecule has 0 aliphatic heterocycles. The average Bonchev–Trinajstić information content (AvgIpc) is 2.92. The van der Waals surface area contributed by atoms with Crippen molar-refractivity contribution in [3.63, 3.8) is 0 Å². The first-order valence-electron chi connectivity index (χ1n) is 6.31. The van der Waals surface area contributed by atoms with Crippen molar-refractivity contribution in [3.8, 4) is 11.8 Å². The summed E-state index contributed by atoms with van der Waals surface area (Å²) in [4.78, 5) is 15.2. The first kappa shape index (κ1) is 16.7. The molecule has 0 aliphatic rings. The molecular weight excluding hydrogens is 278 g/mol. The predicted molar refractivity (Wildman–Crippen MR) is 77.8 cm³/mol. The Morgan fingerprint density at radius 2 is 2.15 bits per heavy atom. The number of aliphatic hydroxyl groups excluding tert-OH is 2. The number of aliphatic hydroxyl groups is 2. The van der Waals surface area contributed by atoms with Gasteiger partial charge in [0, 0.05) is 26.6 Å². The molecule has 0 fully saturated rings. The molecule has 2 N–H and O–H groups in total. The number of carbonyl (C=O) groups is 1. The van der Waals surface area contributed by atoms with Crippen molar-refractivity contribution >= 4 is 17.2 Å². The summed E-state index contributed by atoms with van der Waals surface area (Å²) in [5, 5.41) is 17.7. The second kappa shape index (κ2) is 9.50. The third-order valence-electron chi connectivity index (χ3n) is 2.49. The summed E-state index contributed by atoms with van der Waals surface area (Å²) in [6, 6.07) is 3.52. The summed E-state index contributed by atoms with van der Waals surface area (Å²) in [6.45, 7) is 1.11. The second-order valence-corrected chi connectivity index (χ2v) is 5.03. The Hall–Kier alpha value is -1.39. The lowest BCUT2D eigenvalue weighted by molar-refractivity contribution is 0.0661. The third kappa shape index (κ3) is 5.31. The largest absolute Gasteiger partial charge is 0.395 e. The van der Waals surface area contributed by atoms with Crippen LogP contribution in [-0.2, 0) is 4.74 Å². The zero-order valence-corrected chi connectivity index (χ0v) is 12.3. The molecule has 0 unspecified atom stereocenters. The molecule has 1 aromatic rings. The lowest BCUT2D eigenvalue weighted by Gasteiger charge is -2.20. The molecule has 6 heteroatoms. The van der Waals surface area contributed by atoms with Crippen molar-refractivity contribution in [3.05, 3.63) is 21.9 Å².